The fourth-order valence-corrected chi connectivity index (χ4v) is 5.71. The summed E-state index contributed by atoms with van der Waals surface area (Å²) in [7, 11) is 1.49. The highest BCUT2D eigenvalue weighted by Gasteiger charge is 2.41. The molecule has 1 saturated heterocycles. The molecule has 4 N–H and O–H groups in total. The number of unbranched alkanes of at least 4 members (excludes halogenated alkanes) is 1. The summed E-state index contributed by atoms with van der Waals surface area (Å²) in [6, 6.07) is 2.72. The SMILES string of the molecule is CCCCC(=O)N(CCN1CCOCC1)C1CC(C(=O)NCCO)=CC(Oc2c(I)cc(CO)cc2OC)C1O. The lowest BCUT2D eigenvalue weighted by atomic mass is 9.88. The molecule has 0 spiro atoms. The standard InChI is InChI=1S/C28H42IN3O8/c1-3-4-5-25(35)32(8-7-31-9-12-39-13-10-31)22-16-20(28(37)30-6-11-33)17-23(26(22)36)40-27-21(29)14-19(18-34)15-24(27)38-2/h14-15,17,22-23,26,33-34,36H,3-13,16,18H2,1-2H3,(H,30,37). The van der Waals surface area contributed by atoms with E-state index in [9.17, 15) is 24.9 Å². The smallest absolute Gasteiger partial charge is 0.247 e. The monoisotopic (exact) mass is 675 g/mol. The van der Waals surface area contributed by atoms with Crippen molar-refractivity contribution in [2.45, 2.75) is 57.5 Å². The number of amides is 2. The van der Waals surface area contributed by atoms with Gasteiger partial charge in [-0.15, -0.1) is 0 Å². The molecule has 40 heavy (non-hydrogen) atoms. The van der Waals surface area contributed by atoms with E-state index in [0.717, 1.165) is 25.9 Å². The van der Waals surface area contributed by atoms with E-state index >= 15 is 0 Å². The number of halogens is 1. The van der Waals surface area contributed by atoms with Crippen molar-refractivity contribution in [3.8, 4) is 11.5 Å². The van der Waals surface area contributed by atoms with Crippen molar-refractivity contribution < 1.29 is 39.1 Å². The van der Waals surface area contributed by atoms with Crippen LogP contribution in [0.5, 0.6) is 11.5 Å². The van der Waals surface area contributed by atoms with Crippen LogP contribution in [-0.4, -0.2) is 115 Å². The van der Waals surface area contributed by atoms with E-state index in [-0.39, 0.29) is 38.0 Å². The lowest BCUT2D eigenvalue weighted by Gasteiger charge is -2.41. The molecule has 0 bridgehead atoms. The average Bonchev–Trinajstić information content (AvgIpc) is 2.97. The maximum Gasteiger partial charge on any atom is 0.247 e. The van der Waals surface area contributed by atoms with Gasteiger partial charge in [-0.3, -0.25) is 14.5 Å². The van der Waals surface area contributed by atoms with Crippen molar-refractivity contribution in [1.29, 1.82) is 0 Å². The molecule has 12 heteroatoms. The second kappa shape index (κ2) is 16.5. The van der Waals surface area contributed by atoms with Crippen molar-refractivity contribution in [1.82, 2.24) is 15.1 Å². The minimum Gasteiger partial charge on any atom is -0.493 e. The summed E-state index contributed by atoms with van der Waals surface area (Å²) >= 11 is 2.08. The van der Waals surface area contributed by atoms with Crippen LogP contribution >= 0.6 is 22.6 Å². The van der Waals surface area contributed by atoms with Gasteiger partial charge in [-0.05, 0) is 52.8 Å². The van der Waals surface area contributed by atoms with Gasteiger partial charge in [0.05, 0.1) is 43.1 Å². The zero-order valence-corrected chi connectivity index (χ0v) is 25.5. The molecule has 1 heterocycles. The van der Waals surface area contributed by atoms with Crippen molar-refractivity contribution in [2.75, 3.05) is 59.7 Å². The molecule has 2 amide bonds. The number of rotatable bonds is 14. The molecule has 1 aliphatic carbocycles. The molecule has 2 aliphatic rings. The summed E-state index contributed by atoms with van der Waals surface area (Å²) in [6.07, 6.45) is 1.58. The third kappa shape index (κ3) is 8.76. The highest BCUT2D eigenvalue weighted by atomic mass is 127. The quantitative estimate of drug-likeness (QED) is 0.213. The number of hydrogen-bond acceptors (Lipinski definition) is 9. The van der Waals surface area contributed by atoms with E-state index in [1.165, 1.54) is 7.11 Å². The minimum atomic E-state index is -1.12. The molecule has 11 nitrogen and oxygen atoms in total. The summed E-state index contributed by atoms with van der Waals surface area (Å²) in [5.41, 5.74) is 1.01. The first kappa shape index (κ1) is 32.5. The number of aliphatic hydroxyl groups is 3. The van der Waals surface area contributed by atoms with E-state index in [4.69, 9.17) is 14.2 Å². The van der Waals surface area contributed by atoms with Crippen LogP contribution in [0.15, 0.2) is 23.8 Å². The largest absolute Gasteiger partial charge is 0.493 e. The Morgan fingerprint density at radius 2 is 2.00 bits per heavy atom. The second-order valence-electron chi connectivity index (χ2n) is 9.93. The van der Waals surface area contributed by atoms with E-state index in [2.05, 4.69) is 32.8 Å². The van der Waals surface area contributed by atoms with E-state index in [0.29, 0.717) is 58.9 Å². The Balaban J connectivity index is 1.94. The summed E-state index contributed by atoms with van der Waals surface area (Å²) in [6.45, 7) is 5.56. The molecule has 0 radical (unpaired) electrons. The molecule has 3 unspecified atom stereocenters. The van der Waals surface area contributed by atoms with Crippen LogP contribution in [-0.2, 0) is 20.9 Å². The third-order valence-corrected chi connectivity index (χ3v) is 7.97. The number of hydrogen-bond donors (Lipinski definition) is 4. The number of ether oxygens (including phenoxy) is 3. The summed E-state index contributed by atoms with van der Waals surface area (Å²) in [4.78, 5) is 30.5. The molecule has 3 atom stereocenters. The summed E-state index contributed by atoms with van der Waals surface area (Å²) in [5, 5.41) is 33.2. The number of benzene rings is 1. The normalized spacial score (nSPS) is 21.4. The molecule has 1 fully saturated rings. The highest BCUT2D eigenvalue weighted by molar-refractivity contribution is 14.1. The lowest BCUT2D eigenvalue weighted by Crippen LogP contribution is -2.56. The van der Waals surface area contributed by atoms with Gasteiger partial charge in [-0.2, -0.15) is 0 Å². The van der Waals surface area contributed by atoms with E-state index in [1.807, 2.05) is 6.92 Å². The van der Waals surface area contributed by atoms with Crippen LogP contribution < -0.4 is 14.8 Å². The highest BCUT2D eigenvalue weighted by Crippen LogP contribution is 2.37. The van der Waals surface area contributed by atoms with Gasteiger partial charge in [0.1, 0.15) is 12.2 Å². The topological polar surface area (TPSA) is 141 Å². The third-order valence-electron chi connectivity index (χ3n) is 7.17. The Morgan fingerprint density at radius 1 is 1.25 bits per heavy atom. The number of nitrogens with zero attached hydrogens (tertiary/aromatic N) is 2. The average molecular weight is 676 g/mol. The van der Waals surface area contributed by atoms with Gasteiger partial charge in [-0.1, -0.05) is 13.3 Å². The number of carbonyl (C=O) groups is 2. The van der Waals surface area contributed by atoms with Gasteiger partial charge in [0.2, 0.25) is 11.8 Å². The van der Waals surface area contributed by atoms with Crippen LogP contribution in [0.1, 0.15) is 38.2 Å². The fraction of sp³-hybridized carbons (Fsp3) is 0.643. The fourth-order valence-electron chi connectivity index (χ4n) is 4.92. The zero-order valence-electron chi connectivity index (χ0n) is 23.3. The number of carbonyl (C=O) groups excluding carboxylic acids is 2. The summed E-state index contributed by atoms with van der Waals surface area (Å²) in [5.74, 6) is 0.294. The Bertz CT molecular complexity index is 1020. The first-order chi connectivity index (χ1) is 19.3. The molecule has 1 aliphatic heterocycles. The molecule has 224 valence electrons. The van der Waals surface area contributed by atoms with Crippen molar-refractivity contribution >= 4 is 34.4 Å². The molecule has 0 saturated carbocycles. The van der Waals surface area contributed by atoms with E-state index in [1.54, 1.807) is 23.1 Å². The Morgan fingerprint density at radius 3 is 2.65 bits per heavy atom. The van der Waals surface area contributed by atoms with Crippen LogP contribution in [0.2, 0.25) is 0 Å². The van der Waals surface area contributed by atoms with Crippen LogP contribution in [0.4, 0.5) is 0 Å². The van der Waals surface area contributed by atoms with E-state index < -0.39 is 18.2 Å². The van der Waals surface area contributed by atoms with Crippen LogP contribution in [0.25, 0.3) is 0 Å². The first-order valence-corrected chi connectivity index (χ1v) is 14.9. The Hall–Kier alpha value is -1.97. The number of morpholine rings is 1. The molecular weight excluding hydrogens is 633 g/mol. The van der Waals surface area contributed by atoms with Crippen LogP contribution in [0, 0.1) is 3.57 Å². The maximum absolute atomic E-state index is 13.5. The molecule has 1 aromatic rings. The first-order valence-electron chi connectivity index (χ1n) is 13.8. The van der Waals surface area contributed by atoms with Gasteiger partial charge < -0.3 is 39.7 Å². The predicted octanol–water partition coefficient (Wildman–Crippen LogP) is 1.06. The van der Waals surface area contributed by atoms with Gasteiger partial charge in [0, 0.05) is 51.1 Å². The predicted molar refractivity (Wildman–Crippen MR) is 157 cm³/mol. The summed E-state index contributed by atoms with van der Waals surface area (Å²) < 4.78 is 17.9. The number of methoxy groups -OCH3 is 1. The molecular formula is C28H42IN3O8. The second-order valence-corrected chi connectivity index (χ2v) is 11.1. The van der Waals surface area contributed by atoms with Gasteiger partial charge in [0.15, 0.2) is 11.5 Å². The Kier molecular flexibility index (Phi) is 13.4. The van der Waals surface area contributed by atoms with Gasteiger partial charge in [0.25, 0.3) is 0 Å². The molecule has 1 aromatic carbocycles. The molecule has 3 rings (SSSR count). The van der Waals surface area contributed by atoms with Crippen molar-refractivity contribution in [2.24, 2.45) is 0 Å². The number of nitrogens with one attached hydrogen (secondary N) is 1. The maximum atomic E-state index is 13.5. The minimum absolute atomic E-state index is 0.0746. The number of aliphatic hydroxyl groups excluding tert-OH is 3. The molecule has 0 aromatic heterocycles. The van der Waals surface area contributed by atoms with Crippen molar-refractivity contribution in [3.63, 3.8) is 0 Å². The Labute approximate surface area is 249 Å². The van der Waals surface area contributed by atoms with Crippen LogP contribution in [0.3, 0.4) is 0 Å². The van der Waals surface area contributed by atoms with Gasteiger partial charge >= 0.3 is 0 Å². The van der Waals surface area contributed by atoms with Crippen molar-refractivity contribution in [3.05, 3.63) is 32.9 Å². The lowest BCUT2D eigenvalue weighted by molar-refractivity contribution is -0.139. The zero-order chi connectivity index (χ0) is 29.1. The van der Waals surface area contributed by atoms with Gasteiger partial charge in [-0.25, -0.2) is 0 Å².